The van der Waals surface area contributed by atoms with Crippen molar-refractivity contribution in [1.82, 2.24) is 14.9 Å². The number of nitrogens with zero attached hydrogens (tertiary/aromatic N) is 2. The van der Waals surface area contributed by atoms with E-state index in [9.17, 15) is 4.79 Å². The molecule has 2 aromatic heterocycles. The average Bonchev–Trinajstić information content (AvgIpc) is 3.12. The molecule has 19 heavy (non-hydrogen) atoms. The van der Waals surface area contributed by atoms with Crippen LogP contribution in [0.5, 0.6) is 0 Å². The van der Waals surface area contributed by atoms with Crippen molar-refractivity contribution in [2.75, 3.05) is 13.1 Å². The molecule has 1 N–H and O–H groups in total. The standard InChI is InChI=1S/C14H17N3OS/c18-13(10-12-2-1-9-19-12)17-7-3-11(4-8-17)14-15-5-6-16-14/h1-2,5-6,9,11H,3-4,7-8,10H2,(H,15,16). The highest BCUT2D eigenvalue weighted by molar-refractivity contribution is 7.10. The first kappa shape index (κ1) is 12.4. The smallest absolute Gasteiger partial charge is 0.227 e. The number of rotatable bonds is 3. The van der Waals surface area contributed by atoms with Gasteiger partial charge in [-0.05, 0) is 24.3 Å². The van der Waals surface area contributed by atoms with Gasteiger partial charge in [-0.25, -0.2) is 4.98 Å². The number of H-pyrrole nitrogens is 1. The van der Waals surface area contributed by atoms with Gasteiger partial charge in [0.1, 0.15) is 5.82 Å². The van der Waals surface area contributed by atoms with Crippen molar-refractivity contribution < 1.29 is 4.79 Å². The molecule has 4 nitrogen and oxygen atoms in total. The number of imidazole rings is 1. The molecule has 100 valence electrons. The highest BCUT2D eigenvalue weighted by atomic mass is 32.1. The van der Waals surface area contributed by atoms with Crippen LogP contribution < -0.4 is 0 Å². The summed E-state index contributed by atoms with van der Waals surface area (Å²) in [5, 5.41) is 2.02. The quantitative estimate of drug-likeness (QED) is 0.935. The second-order valence-electron chi connectivity index (χ2n) is 4.89. The molecule has 3 rings (SSSR count). The van der Waals surface area contributed by atoms with Gasteiger partial charge in [-0.3, -0.25) is 4.79 Å². The van der Waals surface area contributed by atoms with E-state index < -0.39 is 0 Å². The molecule has 1 fully saturated rings. The Balaban J connectivity index is 1.54. The van der Waals surface area contributed by atoms with Crippen LogP contribution in [0.3, 0.4) is 0 Å². The molecule has 1 aliphatic heterocycles. The maximum absolute atomic E-state index is 12.2. The summed E-state index contributed by atoms with van der Waals surface area (Å²) >= 11 is 1.65. The lowest BCUT2D eigenvalue weighted by Crippen LogP contribution is -2.38. The van der Waals surface area contributed by atoms with Crippen molar-refractivity contribution in [1.29, 1.82) is 0 Å². The monoisotopic (exact) mass is 275 g/mol. The molecule has 0 radical (unpaired) electrons. The Labute approximate surface area is 116 Å². The van der Waals surface area contributed by atoms with Crippen LogP contribution >= 0.6 is 11.3 Å². The minimum absolute atomic E-state index is 0.250. The summed E-state index contributed by atoms with van der Waals surface area (Å²) in [6.45, 7) is 1.69. The molecule has 3 heterocycles. The molecule has 0 atom stereocenters. The van der Waals surface area contributed by atoms with Crippen LogP contribution in [0.1, 0.15) is 29.5 Å². The zero-order valence-electron chi connectivity index (χ0n) is 10.7. The molecule has 5 heteroatoms. The van der Waals surface area contributed by atoms with Crippen molar-refractivity contribution in [2.24, 2.45) is 0 Å². The largest absolute Gasteiger partial charge is 0.348 e. The summed E-state index contributed by atoms with van der Waals surface area (Å²) in [6.07, 6.45) is 6.21. The van der Waals surface area contributed by atoms with E-state index in [4.69, 9.17) is 0 Å². The second kappa shape index (κ2) is 5.57. The van der Waals surface area contributed by atoms with Crippen molar-refractivity contribution >= 4 is 17.2 Å². The number of hydrogen-bond donors (Lipinski definition) is 1. The summed E-state index contributed by atoms with van der Waals surface area (Å²) in [4.78, 5) is 22.8. The van der Waals surface area contributed by atoms with Gasteiger partial charge in [0.25, 0.3) is 0 Å². The number of nitrogens with one attached hydrogen (secondary N) is 1. The third kappa shape index (κ3) is 2.87. The molecular formula is C14H17N3OS. The molecule has 1 aliphatic rings. The molecule has 0 bridgehead atoms. The van der Waals surface area contributed by atoms with Crippen LogP contribution in [-0.2, 0) is 11.2 Å². The summed E-state index contributed by atoms with van der Waals surface area (Å²) in [7, 11) is 0. The maximum Gasteiger partial charge on any atom is 0.227 e. The third-order valence-corrected chi connectivity index (χ3v) is 4.54. The molecular weight excluding hydrogens is 258 g/mol. The lowest BCUT2D eigenvalue weighted by molar-refractivity contribution is -0.131. The van der Waals surface area contributed by atoms with E-state index in [1.54, 1.807) is 17.5 Å². The molecule has 0 aromatic carbocycles. The minimum Gasteiger partial charge on any atom is -0.348 e. The number of aromatic amines is 1. The molecule has 2 aromatic rings. The Morgan fingerprint density at radius 1 is 1.47 bits per heavy atom. The van der Waals surface area contributed by atoms with Crippen LogP contribution in [0.15, 0.2) is 29.9 Å². The predicted octanol–water partition coefficient (Wildman–Crippen LogP) is 2.42. The Bertz CT molecular complexity index is 513. The Kier molecular flexibility index (Phi) is 3.64. The number of amides is 1. The van der Waals surface area contributed by atoms with Crippen molar-refractivity contribution in [3.63, 3.8) is 0 Å². The van der Waals surface area contributed by atoms with E-state index in [1.807, 2.05) is 28.6 Å². The van der Waals surface area contributed by atoms with Crippen LogP contribution in [0.25, 0.3) is 0 Å². The topological polar surface area (TPSA) is 49.0 Å². The highest BCUT2D eigenvalue weighted by Gasteiger charge is 2.25. The lowest BCUT2D eigenvalue weighted by atomic mass is 9.96. The third-order valence-electron chi connectivity index (χ3n) is 3.66. The SMILES string of the molecule is O=C(Cc1cccs1)N1CCC(c2ncc[nH]2)CC1. The second-order valence-corrected chi connectivity index (χ2v) is 5.92. The molecule has 0 spiro atoms. The molecule has 1 saturated heterocycles. The van der Waals surface area contributed by atoms with Crippen LogP contribution in [0, 0.1) is 0 Å². The first-order valence-corrected chi connectivity index (χ1v) is 7.50. The van der Waals surface area contributed by atoms with E-state index in [0.29, 0.717) is 12.3 Å². The Morgan fingerprint density at radius 2 is 2.32 bits per heavy atom. The molecule has 0 aliphatic carbocycles. The first-order chi connectivity index (χ1) is 9.33. The van der Waals surface area contributed by atoms with Gasteiger partial charge in [-0.2, -0.15) is 0 Å². The zero-order chi connectivity index (χ0) is 13.1. The summed E-state index contributed by atoms with van der Waals surface area (Å²) in [6, 6.07) is 4.02. The van der Waals surface area contributed by atoms with E-state index >= 15 is 0 Å². The number of piperidine rings is 1. The number of carbonyl (C=O) groups is 1. The fraction of sp³-hybridized carbons (Fsp3) is 0.429. The van der Waals surface area contributed by atoms with Crippen LogP contribution in [0.2, 0.25) is 0 Å². The van der Waals surface area contributed by atoms with Gasteiger partial charge in [0.15, 0.2) is 0 Å². The van der Waals surface area contributed by atoms with Crippen molar-refractivity contribution in [2.45, 2.75) is 25.2 Å². The van der Waals surface area contributed by atoms with Crippen molar-refractivity contribution in [3.05, 3.63) is 40.6 Å². The van der Waals surface area contributed by atoms with Gasteiger partial charge in [0, 0.05) is 36.3 Å². The molecule has 0 saturated carbocycles. The van der Waals surface area contributed by atoms with Gasteiger partial charge < -0.3 is 9.88 Å². The minimum atomic E-state index is 0.250. The first-order valence-electron chi connectivity index (χ1n) is 6.62. The van der Waals surface area contributed by atoms with E-state index in [2.05, 4.69) is 9.97 Å². The van der Waals surface area contributed by atoms with E-state index in [0.717, 1.165) is 36.6 Å². The molecule has 1 amide bonds. The zero-order valence-corrected chi connectivity index (χ0v) is 11.5. The fourth-order valence-corrected chi connectivity index (χ4v) is 3.27. The molecule has 0 unspecified atom stereocenters. The fourth-order valence-electron chi connectivity index (χ4n) is 2.58. The Hall–Kier alpha value is -1.62. The highest BCUT2D eigenvalue weighted by Crippen LogP contribution is 2.25. The van der Waals surface area contributed by atoms with E-state index in [1.165, 1.54) is 0 Å². The normalized spacial score (nSPS) is 16.7. The Morgan fingerprint density at radius 3 is 2.95 bits per heavy atom. The number of likely N-dealkylation sites (tertiary alicyclic amines) is 1. The van der Waals surface area contributed by atoms with Gasteiger partial charge in [-0.1, -0.05) is 6.07 Å². The number of carbonyl (C=O) groups excluding carboxylic acids is 1. The van der Waals surface area contributed by atoms with Gasteiger partial charge >= 0.3 is 0 Å². The predicted molar refractivity (Wildman–Crippen MR) is 75.2 cm³/mol. The summed E-state index contributed by atoms with van der Waals surface area (Å²) < 4.78 is 0. The average molecular weight is 275 g/mol. The summed E-state index contributed by atoms with van der Waals surface area (Å²) in [5.74, 6) is 1.78. The van der Waals surface area contributed by atoms with E-state index in [-0.39, 0.29) is 5.91 Å². The lowest BCUT2D eigenvalue weighted by Gasteiger charge is -2.31. The van der Waals surface area contributed by atoms with Gasteiger partial charge in [0.2, 0.25) is 5.91 Å². The van der Waals surface area contributed by atoms with Crippen molar-refractivity contribution in [3.8, 4) is 0 Å². The maximum atomic E-state index is 12.2. The summed E-state index contributed by atoms with van der Waals surface area (Å²) in [5.41, 5.74) is 0. The van der Waals surface area contributed by atoms with Gasteiger partial charge in [-0.15, -0.1) is 11.3 Å². The van der Waals surface area contributed by atoms with Crippen LogP contribution in [0.4, 0.5) is 0 Å². The number of aromatic nitrogens is 2. The van der Waals surface area contributed by atoms with Gasteiger partial charge in [0.05, 0.1) is 6.42 Å². The number of thiophene rings is 1. The number of hydrogen-bond acceptors (Lipinski definition) is 3. The van der Waals surface area contributed by atoms with Crippen LogP contribution in [-0.4, -0.2) is 33.9 Å².